The SMILES string of the molecule is CC(C)(C)OC(=O)N1CCCC(O)(CN2CCNCC2)C1. The number of carbonyl (C=O) groups is 1. The number of amides is 1. The number of hydrogen-bond acceptors (Lipinski definition) is 5. The number of piperidine rings is 1. The van der Waals surface area contributed by atoms with Gasteiger partial charge in [0.05, 0.1) is 12.1 Å². The molecule has 6 heteroatoms. The summed E-state index contributed by atoms with van der Waals surface area (Å²) in [5.74, 6) is 0. The molecule has 0 bridgehead atoms. The fourth-order valence-electron chi connectivity index (χ4n) is 3.01. The lowest BCUT2D eigenvalue weighted by Gasteiger charge is -2.42. The van der Waals surface area contributed by atoms with Gasteiger partial charge < -0.3 is 20.1 Å². The van der Waals surface area contributed by atoms with Crippen LogP contribution in [0.1, 0.15) is 33.6 Å². The topological polar surface area (TPSA) is 65.0 Å². The summed E-state index contributed by atoms with van der Waals surface area (Å²) in [6, 6.07) is 0. The molecule has 0 spiro atoms. The van der Waals surface area contributed by atoms with Crippen LogP contribution in [0.4, 0.5) is 4.79 Å². The zero-order valence-corrected chi connectivity index (χ0v) is 13.5. The molecular weight excluding hydrogens is 270 g/mol. The summed E-state index contributed by atoms with van der Waals surface area (Å²) in [6.45, 7) is 11.1. The van der Waals surface area contributed by atoms with Crippen molar-refractivity contribution in [3.05, 3.63) is 0 Å². The Morgan fingerprint density at radius 2 is 1.95 bits per heavy atom. The van der Waals surface area contributed by atoms with Crippen LogP contribution in [0, 0.1) is 0 Å². The third-order valence-corrected chi connectivity index (χ3v) is 3.93. The van der Waals surface area contributed by atoms with Gasteiger partial charge in [0.25, 0.3) is 0 Å². The molecule has 2 saturated heterocycles. The Kier molecular flexibility index (Phi) is 5.11. The highest BCUT2D eigenvalue weighted by Crippen LogP contribution is 2.24. The van der Waals surface area contributed by atoms with Crippen LogP contribution >= 0.6 is 0 Å². The van der Waals surface area contributed by atoms with Crippen LogP contribution in [0.2, 0.25) is 0 Å². The Balaban J connectivity index is 1.90. The molecule has 21 heavy (non-hydrogen) atoms. The lowest BCUT2D eigenvalue weighted by Crippen LogP contribution is -2.58. The van der Waals surface area contributed by atoms with E-state index in [1.165, 1.54) is 0 Å². The third kappa shape index (κ3) is 5.13. The quantitative estimate of drug-likeness (QED) is 0.784. The second kappa shape index (κ2) is 6.50. The Hall–Kier alpha value is -0.850. The Labute approximate surface area is 127 Å². The van der Waals surface area contributed by atoms with E-state index in [9.17, 15) is 9.90 Å². The van der Waals surface area contributed by atoms with Gasteiger partial charge in [-0.15, -0.1) is 0 Å². The zero-order chi connectivity index (χ0) is 15.5. The van der Waals surface area contributed by atoms with Gasteiger partial charge >= 0.3 is 6.09 Å². The minimum absolute atomic E-state index is 0.319. The Morgan fingerprint density at radius 3 is 2.57 bits per heavy atom. The molecule has 2 aliphatic heterocycles. The van der Waals surface area contributed by atoms with E-state index in [0.29, 0.717) is 19.6 Å². The maximum atomic E-state index is 12.2. The second-order valence-corrected chi connectivity index (χ2v) is 7.26. The van der Waals surface area contributed by atoms with Gasteiger partial charge in [0.1, 0.15) is 5.60 Å². The fourth-order valence-corrected chi connectivity index (χ4v) is 3.01. The van der Waals surface area contributed by atoms with E-state index in [1.807, 2.05) is 20.8 Å². The van der Waals surface area contributed by atoms with Crippen LogP contribution in [0.5, 0.6) is 0 Å². The molecule has 0 aromatic heterocycles. The van der Waals surface area contributed by atoms with Crippen molar-refractivity contribution in [1.29, 1.82) is 0 Å². The van der Waals surface area contributed by atoms with Gasteiger partial charge in [0, 0.05) is 39.3 Å². The molecule has 0 aromatic carbocycles. The molecule has 1 amide bonds. The average molecular weight is 299 g/mol. The number of rotatable bonds is 2. The normalized spacial score (nSPS) is 28.5. The highest BCUT2D eigenvalue weighted by Gasteiger charge is 2.38. The van der Waals surface area contributed by atoms with E-state index in [0.717, 1.165) is 39.0 Å². The molecule has 2 aliphatic rings. The number of nitrogens with zero attached hydrogens (tertiary/aromatic N) is 2. The average Bonchev–Trinajstić information content (AvgIpc) is 2.37. The third-order valence-electron chi connectivity index (χ3n) is 3.93. The Bertz CT molecular complexity index is 364. The first-order chi connectivity index (χ1) is 9.77. The van der Waals surface area contributed by atoms with Gasteiger partial charge in [0.2, 0.25) is 0 Å². The number of β-amino-alcohol motifs (C(OH)–C–C–N with tert-alkyl or cyclic N) is 1. The molecule has 1 unspecified atom stereocenters. The van der Waals surface area contributed by atoms with Gasteiger partial charge in [-0.3, -0.25) is 4.90 Å². The van der Waals surface area contributed by atoms with E-state index in [4.69, 9.17) is 4.74 Å². The van der Waals surface area contributed by atoms with Crippen molar-refractivity contribution >= 4 is 6.09 Å². The molecule has 2 N–H and O–H groups in total. The number of hydrogen-bond donors (Lipinski definition) is 2. The summed E-state index contributed by atoms with van der Waals surface area (Å²) in [7, 11) is 0. The van der Waals surface area contributed by atoms with Crippen molar-refractivity contribution in [1.82, 2.24) is 15.1 Å². The maximum absolute atomic E-state index is 12.2. The van der Waals surface area contributed by atoms with Crippen LogP contribution < -0.4 is 5.32 Å². The van der Waals surface area contributed by atoms with E-state index < -0.39 is 11.2 Å². The van der Waals surface area contributed by atoms with Crippen LogP contribution in [0.3, 0.4) is 0 Å². The highest BCUT2D eigenvalue weighted by atomic mass is 16.6. The van der Waals surface area contributed by atoms with E-state index in [1.54, 1.807) is 4.90 Å². The summed E-state index contributed by atoms with van der Waals surface area (Å²) in [5, 5.41) is 14.1. The van der Waals surface area contributed by atoms with Gasteiger partial charge in [-0.05, 0) is 33.6 Å². The summed E-state index contributed by atoms with van der Waals surface area (Å²) in [5.41, 5.74) is -1.31. The monoisotopic (exact) mass is 299 g/mol. The van der Waals surface area contributed by atoms with Crippen molar-refractivity contribution in [3.63, 3.8) is 0 Å². The molecule has 2 fully saturated rings. The van der Waals surface area contributed by atoms with Crippen LogP contribution in [-0.4, -0.2) is 78.0 Å². The minimum atomic E-state index is -0.813. The van der Waals surface area contributed by atoms with Crippen LogP contribution in [0.25, 0.3) is 0 Å². The molecule has 122 valence electrons. The van der Waals surface area contributed by atoms with E-state index in [2.05, 4.69) is 10.2 Å². The predicted octanol–water partition coefficient (Wildman–Crippen LogP) is 0.654. The van der Waals surface area contributed by atoms with Crippen LogP contribution in [0.15, 0.2) is 0 Å². The summed E-state index contributed by atoms with van der Waals surface area (Å²) < 4.78 is 5.41. The molecular formula is C15H29N3O3. The Morgan fingerprint density at radius 1 is 1.29 bits per heavy atom. The summed E-state index contributed by atoms with van der Waals surface area (Å²) in [6.07, 6.45) is 1.25. The number of likely N-dealkylation sites (tertiary alicyclic amines) is 1. The lowest BCUT2D eigenvalue weighted by atomic mass is 9.92. The van der Waals surface area contributed by atoms with Crippen molar-refractivity contribution in [3.8, 4) is 0 Å². The molecule has 2 rings (SSSR count). The molecule has 1 atom stereocenters. The molecule has 6 nitrogen and oxygen atoms in total. The number of piperazine rings is 1. The predicted molar refractivity (Wildman–Crippen MR) is 81.3 cm³/mol. The number of carbonyl (C=O) groups excluding carboxylic acids is 1. The lowest BCUT2D eigenvalue weighted by molar-refractivity contribution is -0.0606. The summed E-state index contributed by atoms with van der Waals surface area (Å²) in [4.78, 5) is 16.1. The van der Waals surface area contributed by atoms with Crippen molar-refractivity contribution in [2.45, 2.75) is 44.8 Å². The molecule has 0 radical (unpaired) electrons. The number of aliphatic hydroxyl groups is 1. The van der Waals surface area contributed by atoms with Gasteiger partial charge in [-0.25, -0.2) is 4.79 Å². The first kappa shape index (κ1) is 16.5. The smallest absolute Gasteiger partial charge is 0.410 e. The summed E-state index contributed by atoms with van der Waals surface area (Å²) >= 11 is 0. The van der Waals surface area contributed by atoms with Gasteiger partial charge in [0.15, 0.2) is 0 Å². The van der Waals surface area contributed by atoms with Crippen molar-refractivity contribution in [2.24, 2.45) is 0 Å². The second-order valence-electron chi connectivity index (χ2n) is 7.26. The van der Waals surface area contributed by atoms with E-state index >= 15 is 0 Å². The van der Waals surface area contributed by atoms with Gasteiger partial charge in [-0.1, -0.05) is 0 Å². The minimum Gasteiger partial charge on any atom is -0.444 e. The van der Waals surface area contributed by atoms with Gasteiger partial charge in [-0.2, -0.15) is 0 Å². The molecule has 0 aromatic rings. The van der Waals surface area contributed by atoms with E-state index in [-0.39, 0.29) is 6.09 Å². The number of nitrogens with one attached hydrogen (secondary N) is 1. The molecule has 0 aliphatic carbocycles. The maximum Gasteiger partial charge on any atom is 0.410 e. The largest absolute Gasteiger partial charge is 0.444 e. The first-order valence-corrected chi connectivity index (χ1v) is 7.91. The highest BCUT2D eigenvalue weighted by molar-refractivity contribution is 5.68. The molecule has 0 saturated carbocycles. The first-order valence-electron chi connectivity index (χ1n) is 7.91. The number of ether oxygens (including phenoxy) is 1. The standard InChI is InChI=1S/C15H29N3O3/c1-14(2,3)21-13(19)18-8-4-5-15(20,12-18)11-17-9-6-16-7-10-17/h16,20H,4-12H2,1-3H3. The van der Waals surface area contributed by atoms with Crippen LogP contribution in [-0.2, 0) is 4.74 Å². The zero-order valence-electron chi connectivity index (χ0n) is 13.5. The molecule has 2 heterocycles. The fraction of sp³-hybridized carbons (Fsp3) is 0.933. The van der Waals surface area contributed by atoms with Crippen molar-refractivity contribution < 1.29 is 14.6 Å². The van der Waals surface area contributed by atoms with Crippen molar-refractivity contribution in [2.75, 3.05) is 45.8 Å².